The summed E-state index contributed by atoms with van der Waals surface area (Å²) < 4.78 is 0. The summed E-state index contributed by atoms with van der Waals surface area (Å²) in [5, 5.41) is 3.41. The molecule has 0 amide bonds. The summed E-state index contributed by atoms with van der Waals surface area (Å²) in [6, 6.07) is 0. The second-order valence-electron chi connectivity index (χ2n) is 4.73. The molecule has 2 fully saturated rings. The Morgan fingerprint density at radius 2 is 1.92 bits per heavy atom. The van der Waals surface area contributed by atoms with Gasteiger partial charge in [0.25, 0.3) is 0 Å². The van der Waals surface area contributed by atoms with E-state index in [1.54, 1.807) is 0 Å². The molecule has 0 radical (unpaired) electrons. The molecule has 0 unspecified atom stereocenters. The van der Waals surface area contributed by atoms with Gasteiger partial charge in [-0.2, -0.15) is 0 Å². The molecule has 1 saturated carbocycles. The van der Waals surface area contributed by atoms with Gasteiger partial charge in [0, 0.05) is 32.7 Å². The Labute approximate surface area is 81.7 Å². The molecule has 2 aliphatic rings. The van der Waals surface area contributed by atoms with Crippen LogP contribution in [0, 0.1) is 5.41 Å². The lowest BCUT2D eigenvalue weighted by Crippen LogP contribution is -2.49. The quantitative estimate of drug-likeness (QED) is 0.711. The van der Waals surface area contributed by atoms with Crippen LogP contribution in [0.25, 0.3) is 0 Å². The lowest BCUT2D eigenvalue weighted by molar-refractivity contribution is 0.0566. The summed E-state index contributed by atoms with van der Waals surface area (Å²) in [6.45, 7) is 8.65. The predicted molar refractivity (Wildman–Crippen MR) is 55.9 cm³/mol. The Bertz CT molecular complexity index is 152. The van der Waals surface area contributed by atoms with E-state index >= 15 is 0 Å². The number of piperazine rings is 1. The Kier molecular flexibility index (Phi) is 2.89. The molecular formula is C11H22N2. The summed E-state index contributed by atoms with van der Waals surface area (Å²) in [5.74, 6) is 0. The lowest BCUT2D eigenvalue weighted by Gasteiger charge is -2.45. The van der Waals surface area contributed by atoms with Gasteiger partial charge >= 0.3 is 0 Å². The average Bonchev–Trinajstić information content (AvgIpc) is 2.13. The zero-order valence-corrected chi connectivity index (χ0v) is 8.81. The number of hydrogen-bond donors (Lipinski definition) is 1. The highest BCUT2D eigenvalue weighted by molar-refractivity contribution is 4.90. The van der Waals surface area contributed by atoms with E-state index in [2.05, 4.69) is 17.1 Å². The third-order valence-corrected chi connectivity index (χ3v) is 3.93. The van der Waals surface area contributed by atoms with Crippen LogP contribution >= 0.6 is 0 Å². The van der Waals surface area contributed by atoms with E-state index in [0.29, 0.717) is 0 Å². The molecule has 0 bridgehead atoms. The van der Waals surface area contributed by atoms with E-state index in [-0.39, 0.29) is 0 Å². The molecule has 76 valence electrons. The van der Waals surface area contributed by atoms with Crippen molar-refractivity contribution >= 4 is 0 Å². The molecule has 1 N–H and O–H groups in total. The van der Waals surface area contributed by atoms with Crippen LogP contribution in [0.5, 0.6) is 0 Å². The van der Waals surface area contributed by atoms with Crippen molar-refractivity contribution in [1.29, 1.82) is 0 Å². The molecule has 2 nitrogen and oxygen atoms in total. The molecule has 1 heterocycles. The summed E-state index contributed by atoms with van der Waals surface area (Å²) in [5.41, 5.74) is 0.720. The molecule has 1 saturated heterocycles. The third-order valence-electron chi connectivity index (χ3n) is 3.93. The molecule has 13 heavy (non-hydrogen) atoms. The van der Waals surface area contributed by atoms with Gasteiger partial charge in [-0.3, -0.25) is 0 Å². The minimum atomic E-state index is 0.720. The van der Waals surface area contributed by atoms with E-state index in [0.717, 1.165) is 5.41 Å². The number of nitrogens with one attached hydrogen (secondary N) is 1. The van der Waals surface area contributed by atoms with Gasteiger partial charge in [-0.05, 0) is 24.7 Å². The molecule has 0 spiro atoms. The molecule has 2 heteroatoms. The molecule has 1 aliphatic carbocycles. The van der Waals surface area contributed by atoms with Crippen LogP contribution < -0.4 is 5.32 Å². The Morgan fingerprint density at radius 1 is 1.23 bits per heavy atom. The molecule has 0 aromatic rings. The standard InChI is InChI=1S/C11H22N2/c1-2-11(4-3-5-11)10-13-8-6-12-7-9-13/h12H,2-10H2,1H3. The fourth-order valence-electron chi connectivity index (χ4n) is 2.64. The van der Waals surface area contributed by atoms with Gasteiger partial charge in [-0.25, -0.2) is 0 Å². The molecule has 0 aromatic heterocycles. The molecule has 1 aliphatic heterocycles. The summed E-state index contributed by atoms with van der Waals surface area (Å²) in [7, 11) is 0. The third kappa shape index (κ3) is 2.05. The minimum absolute atomic E-state index is 0.720. The van der Waals surface area contributed by atoms with Crippen LogP contribution in [-0.4, -0.2) is 37.6 Å². The zero-order valence-electron chi connectivity index (χ0n) is 8.81. The fourth-order valence-corrected chi connectivity index (χ4v) is 2.64. The number of hydrogen-bond acceptors (Lipinski definition) is 2. The van der Waals surface area contributed by atoms with E-state index < -0.39 is 0 Å². The highest BCUT2D eigenvalue weighted by Crippen LogP contribution is 2.44. The minimum Gasteiger partial charge on any atom is -0.314 e. The Morgan fingerprint density at radius 3 is 2.38 bits per heavy atom. The van der Waals surface area contributed by atoms with Gasteiger partial charge in [0.05, 0.1) is 0 Å². The van der Waals surface area contributed by atoms with Crippen molar-refractivity contribution in [2.24, 2.45) is 5.41 Å². The van der Waals surface area contributed by atoms with Crippen molar-refractivity contribution in [3.05, 3.63) is 0 Å². The normalized spacial score (nSPS) is 28.4. The predicted octanol–water partition coefficient (Wildman–Crippen LogP) is 1.47. The van der Waals surface area contributed by atoms with Crippen LogP contribution in [0.15, 0.2) is 0 Å². The fraction of sp³-hybridized carbons (Fsp3) is 1.00. The van der Waals surface area contributed by atoms with E-state index in [1.807, 2.05) is 0 Å². The SMILES string of the molecule is CCC1(CN2CCNCC2)CCC1. The highest BCUT2D eigenvalue weighted by atomic mass is 15.2. The maximum absolute atomic E-state index is 3.41. The second-order valence-corrected chi connectivity index (χ2v) is 4.73. The Hall–Kier alpha value is -0.0800. The maximum Gasteiger partial charge on any atom is 0.0108 e. The van der Waals surface area contributed by atoms with Crippen LogP contribution in [-0.2, 0) is 0 Å². The smallest absolute Gasteiger partial charge is 0.0108 e. The highest BCUT2D eigenvalue weighted by Gasteiger charge is 2.36. The number of nitrogens with zero attached hydrogens (tertiary/aromatic N) is 1. The summed E-state index contributed by atoms with van der Waals surface area (Å²) in [6.07, 6.45) is 5.82. The van der Waals surface area contributed by atoms with Crippen molar-refractivity contribution < 1.29 is 0 Å². The second kappa shape index (κ2) is 3.97. The molecule has 0 aromatic carbocycles. The van der Waals surface area contributed by atoms with Gasteiger partial charge < -0.3 is 10.2 Å². The van der Waals surface area contributed by atoms with E-state index in [4.69, 9.17) is 0 Å². The first-order valence-corrected chi connectivity index (χ1v) is 5.78. The first-order valence-electron chi connectivity index (χ1n) is 5.78. The Balaban J connectivity index is 1.81. The van der Waals surface area contributed by atoms with Gasteiger partial charge in [-0.1, -0.05) is 13.3 Å². The van der Waals surface area contributed by atoms with Crippen molar-refractivity contribution in [2.45, 2.75) is 32.6 Å². The molecule has 0 atom stereocenters. The lowest BCUT2D eigenvalue weighted by atomic mass is 9.66. The maximum atomic E-state index is 3.41. The van der Waals surface area contributed by atoms with Gasteiger partial charge in [0.2, 0.25) is 0 Å². The molecule has 2 rings (SSSR count). The first kappa shape index (κ1) is 9.47. The van der Waals surface area contributed by atoms with Gasteiger partial charge in [-0.15, -0.1) is 0 Å². The van der Waals surface area contributed by atoms with E-state index in [1.165, 1.54) is 58.4 Å². The van der Waals surface area contributed by atoms with Crippen molar-refractivity contribution in [3.8, 4) is 0 Å². The number of rotatable bonds is 3. The monoisotopic (exact) mass is 182 g/mol. The zero-order chi connectivity index (χ0) is 9.15. The summed E-state index contributed by atoms with van der Waals surface area (Å²) in [4.78, 5) is 2.65. The van der Waals surface area contributed by atoms with Crippen molar-refractivity contribution in [3.63, 3.8) is 0 Å². The first-order chi connectivity index (χ1) is 6.35. The topological polar surface area (TPSA) is 15.3 Å². The van der Waals surface area contributed by atoms with Crippen molar-refractivity contribution in [1.82, 2.24) is 10.2 Å². The largest absolute Gasteiger partial charge is 0.314 e. The van der Waals surface area contributed by atoms with Gasteiger partial charge in [0.1, 0.15) is 0 Å². The van der Waals surface area contributed by atoms with Crippen LogP contribution in [0.3, 0.4) is 0 Å². The van der Waals surface area contributed by atoms with Crippen LogP contribution in [0.1, 0.15) is 32.6 Å². The average molecular weight is 182 g/mol. The van der Waals surface area contributed by atoms with Gasteiger partial charge in [0.15, 0.2) is 0 Å². The van der Waals surface area contributed by atoms with Crippen LogP contribution in [0.2, 0.25) is 0 Å². The van der Waals surface area contributed by atoms with Crippen LogP contribution in [0.4, 0.5) is 0 Å². The van der Waals surface area contributed by atoms with E-state index in [9.17, 15) is 0 Å². The van der Waals surface area contributed by atoms with Crippen molar-refractivity contribution in [2.75, 3.05) is 32.7 Å². The summed E-state index contributed by atoms with van der Waals surface area (Å²) >= 11 is 0. The molecular weight excluding hydrogens is 160 g/mol.